The molecule has 0 unspecified atom stereocenters. The number of carbonyl (C=O) groups is 1. The van der Waals surface area contributed by atoms with Crippen LogP contribution in [0.5, 0.6) is 0 Å². The van der Waals surface area contributed by atoms with Gasteiger partial charge in [0.15, 0.2) is 0 Å². The van der Waals surface area contributed by atoms with E-state index in [1.807, 2.05) is 50.7 Å². The third-order valence-corrected chi connectivity index (χ3v) is 5.60. The monoisotopic (exact) mass is 359 g/mol. The van der Waals surface area contributed by atoms with E-state index >= 15 is 0 Å². The molecule has 1 atom stereocenters. The predicted molar refractivity (Wildman–Crippen MR) is 100 cm³/mol. The topological polar surface area (TPSA) is 62.2 Å². The number of aromatic nitrogens is 3. The van der Waals surface area contributed by atoms with Crippen molar-refractivity contribution >= 4 is 23.1 Å². The molecule has 0 radical (unpaired) electrons. The zero-order valence-corrected chi connectivity index (χ0v) is 16.4. The number of likely N-dealkylation sites (tertiary alicyclic amines) is 1. The molecule has 3 rings (SSSR count). The fraction of sp³-hybridized carbons (Fsp3) is 0.556. The first-order valence-electron chi connectivity index (χ1n) is 8.60. The number of nitrogens with zero attached hydrogens (tertiary/aromatic N) is 5. The van der Waals surface area contributed by atoms with E-state index in [1.165, 1.54) is 0 Å². The maximum absolute atomic E-state index is 12.9. The van der Waals surface area contributed by atoms with Crippen molar-refractivity contribution in [3.05, 3.63) is 33.2 Å². The van der Waals surface area contributed by atoms with Gasteiger partial charge >= 0.3 is 0 Å². The van der Waals surface area contributed by atoms with Gasteiger partial charge in [-0.3, -0.25) is 4.79 Å². The maximum atomic E-state index is 12.9. The second kappa shape index (κ2) is 7.07. The fourth-order valence-corrected chi connectivity index (χ4v) is 4.25. The van der Waals surface area contributed by atoms with Crippen LogP contribution in [0.2, 0.25) is 0 Å². The highest BCUT2D eigenvalue weighted by molar-refractivity contribution is 7.11. The zero-order chi connectivity index (χ0) is 18.1. The van der Waals surface area contributed by atoms with E-state index in [-0.39, 0.29) is 11.9 Å². The van der Waals surface area contributed by atoms with Crippen LogP contribution in [0.4, 0.5) is 5.82 Å². The summed E-state index contributed by atoms with van der Waals surface area (Å²) in [7, 11) is 3.94. The van der Waals surface area contributed by atoms with Crippen molar-refractivity contribution in [2.75, 3.05) is 25.5 Å². The normalized spacial score (nSPS) is 17.2. The Morgan fingerprint density at radius 1 is 1.28 bits per heavy atom. The number of amides is 1. The predicted octanol–water partition coefficient (Wildman–Crippen LogP) is 2.83. The van der Waals surface area contributed by atoms with Crippen LogP contribution >= 0.6 is 11.3 Å². The minimum Gasteiger partial charge on any atom is -0.363 e. The minimum absolute atomic E-state index is 0.0437. The van der Waals surface area contributed by atoms with Gasteiger partial charge in [0.25, 0.3) is 0 Å². The molecule has 1 aliphatic rings. The number of rotatable bonds is 4. The number of hydrogen-bond donors (Lipinski definition) is 0. The second-order valence-electron chi connectivity index (χ2n) is 6.76. The van der Waals surface area contributed by atoms with Crippen molar-refractivity contribution < 1.29 is 4.79 Å². The SMILES string of the molecule is Cc1nc([C@@H]2CCCN2C(=O)Cc2sc(C)nc2C)cc(N(C)C)n1. The summed E-state index contributed by atoms with van der Waals surface area (Å²) in [5.74, 6) is 1.79. The first-order chi connectivity index (χ1) is 11.8. The highest BCUT2D eigenvalue weighted by atomic mass is 32.1. The third kappa shape index (κ3) is 3.81. The number of aryl methyl sites for hydroxylation is 3. The van der Waals surface area contributed by atoms with Crippen molar-refractivity contribution in [1.82, 2.24) is 19.9 Å². The van der Waals surface area contributed by atoms with Crippen molar-refractivity contribution in [1.29, 1.82) is 0 Å². The average Bonchev–Trinajstić information content (AvgIpc) is 3.13. The van der Waals surface area contributed by atoms with Gasteiger partial charge in [-0.25, -0.2) is 15.0 Å². The zero-order valence-electron chi connectivity index (χ0n) is 15.5. The summed E-state index contributed by atoms with van der Waals surface area (Å²) in [6.45, 7) is 6.66. The Hall–Kier alpha value is -2.02. The summed E-state index contributed by atoms with van der Waals surface area (Å²) in [5, 5.41) is 1.01. The molecule has 1 fully saturated rings. The van der Waals surface area contributed by atoms with Crippen LogP contribution in [0.25, 0.3) is 0 Å². The summed E-state index contributed by atoms with van der Waals surface area (Å²) >= 11 is 1.62. The molecule has 1 amide bonds. The van der Waals surface area contributed by atoms with Gasteiger partial charge in [-0.1, -0.05) is 0 Å². The summed E-state index contributed by atoms with van der Waals surface area (Å²) < 4.78 is 0. The Labute approximate surface area is 152 Å². The van der Waals surface area contributed by atoms with Gasteiger partial charge in [0.1, 0.15) is 11.6 Å². The molecular formula is C18H25N5OS. The van der Waals surface area contributed by atoms with Gasteiger partial charge in [0.05, 0.1) is 28.9 Å². The molecule has 7 heteroatoms. The van der Waals surface area contributed by atoms with Gasteiger partial charge in [-0.05, 0) is 33.6 Å². The summed E-state index contributed by atoms with van der Waals surface area (Å²) in [4.78, 5) is 31.5. The van der Waals surface area contributed by atoms with Crippen LogP contribution in [0.3, 0.4) is 0 Å². The van der Waals surface area contributed by atoms with E-state index in [0.29, 0.717) is 6.42 Å². The minimum atomic E-state index is 0.0437. The lowest BCUT2D eigenvalue weighted by molar-refractivity contribution is -0.131. The first-order valence-corrected chi connectivity index (χ1v) is 9.42. The first kappa shape index (κ1) is 17.8. The number of hydrogen-bond acceptors (Lipinski definition) is 6. The van der Waals surface area contributed by atoms with Crippen molar-refractivity contribution in [2.45, 2.75) is 46.1 Å². The summed E-state index contributed by atoms with van der Waals surface area (Å²) in [5.41, 5.74) is 1.92. The second-order valence-corrected chi connectivity index (χ2v) is 8.04. The van der Waals surface area contributed by atoms with E-state index < -0.39 is 0 Å². The number of thiazole rings is 1. The van der Waals surface area contributed by atoms with Crippen molar-refractivity contribution in [3.8, 4) is 0 Å². The molecule has 0 aromatic carbocycles. The highest BCUT2D eigenvalue weighted by Gasteiger charge is 2.32. The van der Waals surface area contributed by atoms with E-state index in [9.17, 15) is 4.79 Å². The molecule has 0 spiro atoms. The largest absolute Gasteiger partial charge is 0.363 e. The van der Waals surface area contributed by atoms with Crippen molar-refractivity contribution in [3.63, 3.8) is 0 Å². The molecule has 0 bridgehead atoms. The third-order valence-electron chi connectivity index (χ3n) is 4.53. The lowest BCUT2D eigenvalue weighted by atomic mass is 10.1. The Kier molecular flexibility index (Phi) is 5.03. The van der Waals surface area contributed by atoms with E-state index in [2.05, 4.69) is 15.0 Å². The Morgan fingerprint density at radius 3 is 2.68 bits per heavy atom. The molecule has 2 aromatic rings. The van der Waals surface area contributed by atoms with Gasteiger partial charge in [0, 0.05) is 31.6 Å². The number of carbonyl (C=O) groups excluding carboxylic acids is 1. The molecule has 1 saturated heterocycles. The smallest absolute Gasteiger partial charge is 0.228 e. The highest BCUT2D eigenvalue weighted by Crippen LogP contribution is 2.33. The molecule has 0 saturated carbocycles. The quantitative estimate of drug-likeness (QED) is 0.840. The molecular weight excluding hydrogens is 334 g/mol. The van der Waals surface area contributed by atoms with Crippen LogP contribution in [0, 0.1) is 20.8 Å². The van der Waals surface area contributed by atoms with E-state index in [0.717, 1.165) is 52.3 Å². The molecule has 3 heterocycles. The molecule has 0 aliphatic carbocycles. The molecule has 6 nitrogen and oxygen atoms in total. The van der Waals surface area contributed by atoms with Crippen LogP contribution in [0.1, 0.15) is 46.0 Å². The Balaban J connectivity index is 1.83. The fourth-order valence-electron chi connectivity index (χ4n) is 3.32. The summed E-state index contributed by atoms with van der Waals surface area (Å²) in [6.07, 6.45) is 2.39. The van der Waals surface area contributed by atoms with Gasteiger partial charge in [0.2, 0.25) is 5.91 Å². The van der Waals surface area contributed by atoms with Crippen molar-refractivity contribution in [2.24, 2.45) is 0 Å². The maximum Gasteiger partial charge on any atom is 0.228 e. The van der Waals surface area contributed by atoms with Gasteiger partial charge in [-0.15, -0.1) is 11.3 Å². The summed E-state index contributed by atoms with van der Waals surface area (Å²) in [6, 6.07) is 2.05. The average molecular weight is 359 g/mol. The van der Waals surface area contributed by atoms with Crippen LogP contribution in [-0.4, -0.2) is 46.4 Å². The Bertz CT molecular complexity index is 786. The van der Waals surface area contributed by atoms with Crippen LogP contribution < -0.4 is 4.90 Å². The molecule has 25 heavy (non-hydrogen) atoms. The van der Waals surface area contributed by atoms with Gasteiger partial charge < -0.3 is 9.80 Å². The van der Waals surface area contributed by atoms with Crippen LogP contribution in [-0.2, 0) is 11.2 Å². The standard InChI is InChI=1S/C18H25N5OS/c1-11-16(25-13(3)19-11)10-18(24)23-8-6-7-15(23)14-9-17(22(4)5)21-12(2)20-14/h9,15H,6-8,10H2,1-5H3/t15-/m0/s1. The van der Waals surface area contributed by atoms with E-state index in [4.69, 9.17) is 0 Å². The lowest BCUT2D eigenvalue weighted by Gasteiger charge is -2.25. The van der Waals surface area contributed by atoms with Gasteiger partial charge in [-0.2, -0.15) is 0 Å². The van der Waals surface area contributed by atoms with Crippen LogP contribution in [0.15, 0.2) is 6.07 Å². The molecule has 1 aliphatic heterocycles. The lowest BCUT2D eigenvalue weighted by Crippen LogP contribution is -2.32. The molecule has 134 valence electrons. The Morgan fingerprint density at radius 2 is 2.04 bits per heavy atom. The molecule has 2 aromatic heterocycles. The molecule has 0 N–H and O–H groups in total. The number of anilines is 1. The van der Waals surface area contributed by atoms with E-state index in [1.54, 1.807) is 11.3 Å².